The smallest absolute Gasteiger partial charge is 0.337 e. The number of hydrogen-bond acceptors (Lipinski definition) is 5. The van der Waals surface area contributed by atoms with Crippen LogP contribution in [0.3, 0.4) is 0 Å². The van der Waals surface area contributed by atoms with Crippen molar-refractivity contribution < 1.29 is 24.7 Å². The monoisotopic (exact) mass is 328 g/mol. The first-order valence-electron chi connectivity index (χ1n) is 6.66. The normalized spacial score (nSPS) is 10.5. The van der Waals surface area contributed by atoms with Gasteiger partial charge in [0.25, 0.3) is 5.69 Å². The third-order valence-corrected chi connectivity index (χ3v) is 3.00. The second-order valence-corrected chi connectivity index (χ2v) is 4.71. The van der Waals surface area contributed by atoms with Crippen LogP contribution in [0.15, 0.2) is 48.5 Å². The van der Waals surface area contributed by atoms with Gasteiger partial charge in [-0.3, -0.25) is 14.9 Å². The Labute approximate surface area is 135 Å². The van der Waals surface area contributed by atoms with E-state index in [1.54, 1.807) is 6.07 Å². The summed E-state index contributed by atoms with van der Waals surface area (Å²) in [5.74, 6) is -2.16. The Morgan fingerprint density at radius 3 is 2.58 bits per heavy atom. The molecule has 24 heavy (non-hydrogen) atoms. The molecule has 0 saturated heterocycles. The highest BCUT2D eigenvalue weighted by Crippen LogP contribution is 2.21. The van der Waals surface area contributed by atoms with Gasteiger partial charge in [-0.15, -0.1) is 0 Å². The summed E-state index contributed by atoms with van der Waals surface area (Å²) >= 11 is 0. The van der Waals surface area contributed by atoms with Gasteiger partial charge in [0.15, 0.2) is 0 Å². The third kappa shape index (κ3) is 4.17. The number of non-ortho nitro benzene ring substituents is 1. The number of anilines is 1. The van der Waals surface area contributed by atoms with Gasteiger partial charge in [-0.25, -0.2) is 4.79 Å². The van der Waals surface area contributed by atoms with E-state index >= 15 is 0 Å². The molecule has 0 spiro atoms. The topological polar surface area (TPSA) is 130 Å². The van der Waals surface area contributed by atoms with Crippen molar-refractivity contribution in [2.45, 2.75) is 0 Å². The fraction of sp³-hybridized carbons (Fsp3) is 0. The number of amides is 1. The van der Waals surface area contributed by atoms with Gasteiger partial charge < -0.3 is 15.5 Å². The largest absolute Gasteiger partial charge is 0.508 e. The van der Waals surface area contributed by atoms with Crippen LogP contribution in [0.1, 0.15) is 15.9 Å². The second kappa shape index (κ2) is 7.05. The SMILES string of the molecule is O=C(C=Cc1cccc([N+](=O)[O-])c1)Nc1ccc(O)cc1C(=O)O. The van der Waals surface area contributed by atoms with E-state index in [1.807, 2.05) is 0 Å². The molecule has 0 saturated carbocycles. The molecule has 0 aromatic heterocycles. The Hall–Kier alpha value is -3.68. The lowest BCUT2D eigenvalue weighted by Gasteiger charge is -2.06. The van der Waals surface area contributed by atoms with Crippen LogP contribution in [0, 0.1) is 10.1 Å². The summed E-state index contributed by atoms with van der Waals surface area (Å²) in [5.41, 5.74) is 0.105. The number of carboxylic acid groups (broad SMARTS) is 1. The number of nitro groups is 1. The first kappa shape index (κ1) is 16.7. The van der Waals surface area contributed by atoms with Crippen molar-refractivity contribution in [2.75, 3.05) is 5.32 Å². The molecule has 0 aliphatic rings. The maximum atomic E-state index is 11.9. The highest BCUT2D eigenvalue weighted by atomic mass is 16.6. The minimum absolute atomic E-state index is 0.0222. The zero-order chi connectivity index (χ0) is 17.7. The van der Waals surface area contributed by atoms with Crippen molar-refractivity contribution in [1.82, 2.24) is 0 Å². The molecule has 0 aliphatic heterocycles. The van der Waals surface area contributed by atoms with E-state index in [0.29, 0.717) is 5.56 Å². The minimum atomic E-state index is -1.30. The van der Waals surface area contributed by atoms with E-state index in [2.05, 4.69) is 5.32 Å². The number of hydrogen-bond donors (Lipinski definition) is 3. The van der Waals surface area contributed by atoms with Crippen molar-refractivity contribution in [1.29, 1.82) is 0 Å². The molecule has 0 atom stereocenters. The molecule has 3 N–H and O–H groups in total. The maximum absolute atomic E-state index is 11.9. The first-order valence-corrected chi connectivity index (χ1v) is 6.66. The standard InChI is InChI=1S/C16H12N2O6/c19-12-5-6-14(13(9-12)16(21)22)17-15(20)7-4-10-2-1-3-11(8-10)18(23)24/h1-9,19H,(H,17,20)(H,21,22). The fourth-order valence-electron chi connectivity index (χ4n) is 1.91. The Morgan fingerprint density at radius 2 is 1.92 bits per heavy atom. The van der Waals surface area contributed by atoms with Gasteiger partial charge in [-0.05, 0) is 29.8 Å². The Bertz CT molecular complexity index is 844. The molecule has 0 bridgehead atoms. The summed E-state index contributed by atoms with van der Waals surface area (Å²) in [4.78, 5) is 33.1. The average Bonchev–Trinajstić information content (AvgIpc) is 2.54. The number of aromatic hydroxyl groups is 1. The summed E-state index contributed by atoms with van der Waals surface area (Å²) in [5, 5.41) is 31.4. The van der Waals surface area contributed by atoms with Gasteiger partial charge in [-0.2, -0.15) is 0 Å². The zero-order valence-corrected chi connectivity index (χ0v) is 12.2. The third-order valence-electron chi connectivity index (χ3n) is 3.00. The van der Waals surface area contributed by atoms with Crippen LogP contribution in [-0.4, -0.2) is 27.0 Å². The number of nitrogens with one attached hydrogen (secondary N) is 1. The number of benzene rings is 2. The number of rotatable bonds is 5. The van der Waals surface area contributed by atoms with Crippen molar-refractivity contribution in [3.05, 3.63) is 69.8 Å². The molecule has 0 radical (unpaired) electrons. The van der Waals surface area contributed by atoms with Crippen molar-refractivity contribution in [3.63, 3.8) is 0 Å². The minimum Gasteiger partial charge on any atom is -0.508 e. The zero-order valence-electron chi connectivity index (χ0n) is 12.2. The highest BCUT2D eigenvalue weighted by molar-refractivity contribution is 6.06. The first-order chi connectivity index (χ1) is 11.4. The number of nitro benzene ring substituents is 1. The molecule has 2 aromatic carbocycles. The van der Waals surface area contributed by atoms with Gasteiger partial charge >= 0.3 is 5.97 Å². The number of carbonyl (C=O) groups is 2. The van der Waals surface area contributed by atoms with Crippen LogP contribution in [-0.2, 0) is 4.79 Å². The van der Waals surface area contributed by atoms with E-state index in [9.17, 15) is 24.8 Å². The van der Waals surface area contributed by atoms with Crippen LogP contribution in [0.2, 0.25) is 0 Å². The number of phenolic OH excluding ortho intramolecular Hbond substituents is 1. The number of aromatic carboxylic acids is 1. The summed E-state index contributed by atoms with van der Waals surface area (Å²) in [6, 6.07) is 9.21. The maximum Gasteiger partial charge on any atom is 0.337 e. The van der Waals surface area contributed by atoms with Gasteiger partial charge in [-0.1, -0.05) is 12.1 Å². The molecule has 0 aliphatic carbocycles. The van der Waals surface area contributed by atoms with Crippen LogP contribution < -0.4 is 5.32 Å². The van der Waals surface area contributed by atoms with Crippen molar-refractivity contribution in [3.8, 4) is 5.75 Å². The van der Waals surface area contributed by atoms with Gasteiger partial charge in [0, 0.05) is 18.2 Å². The van der Waals surface area contributed by atoms with Crippen LogP contribution in [0.4, 0.5) is 11.4 Å². The number of carbonyl (C=O) groups excluding carboxylic acids is 1. The summed E-state index contributed by atoms with van der Waals surface area (Å²) in [6.07, 6.45) is 2.49. The van der Waals surface area contributed by atoms with E-state index < -0.39 is 16.8 Å². The summed E-state index contributed by atoms with van der Waals surface area (Å²) < 4.78 is 0. The molecule has 8 heteroatoms. The predicted molar refractivity (Wildman–Crippen MR) is 85.8 cm³/mol. The molecule has 1 amide bonds. The summed E-state index contributed by atoms with van der Waals surface area (Å²) in [6.45, 7) is 0. The number of phenols is 1. The molecular weight excluding hydrogens is 316 g/mol. The van der Waals surface area contributed by atoms with Gasteiger partial charge in [0.05, 0.1) is 16.2 Å². The Balaban J connectivity index is 2.15. The van der Waals surface area contributed by atoms with E-state index in [1.165, 1.54) is 36.4 Å². The van der Waals surface area contributed by atoms with Crippen molar-refractivity contribution in [2.24, 2.45) is 0 Å². The van der Waals surface area contributed by atoms with E-state index in [-0.39, 0.29) is 22.7 Å². The van der Waals surface area contributed by atoms with E-state index in [4.69, 9.17) is 5.11 Å². The quantitative estimate of drug-likeness (QED) is 0.335. The lowest BCUT2D eigenvalue weighted by Crippen LogP contribution is -2.11. The molecular formula is C16H12N2O6. The molecule has 0 unspecified atom stereocenters. The lowest BCUT2D eigenvalue weighted by atomic mass is 10.1. The van der Waals surface area contributed by atoms with Gasteiger partial charge in [0.2, 0.25) is 5.91 Å². The fourth-order valence-corrected chi connectivity index (χ4v) is 1.91. The molecule has 0 fully saturated rings. The Morgan fingerprint density at radius 1 is 1.17 bits per heavy atom. The molecule has 8 nitrogen and oxygen atoms in total. The molecule has 0 heterocycles. The van der Waals surface area contributed by atoms with E-state index in [0.717, 1.165) is 12.1 Å². The van der Waals surface area contributed by atoms with Crippen LogP contribution >= 0.6 is 0 Å². The summed E-state index contributed by atoms with van der Waals surface area (Å²) in [7, 11) is 0. The number of carboxylic acids is 1. The lowest BCUT2D eigenvalue weighted by molar-refractivity contribution is -0.384. The molecule has 122 valence electrons. The molecule has 2 rings (SSSR count). The average molecular weight is 328 g/mol. The highest BCUT2D eigenvalue weighted by Gasteiger charge is 2.12. The second-order valence-electron chi connectivity index (χ2n) is 4.71. The van der Waals surface area contributed by atoms with Gasteiger partial charge in [0.1, 0.15) is 5.75 Å². The number of nitrogens with zero attached hydrogens (tertiary/aromatic N) is 1. The predicted octanol–water partition coefficient (Wildman–Crippen LogP) is 2.65. The van der Waals surface area contributed by atoms with Crippen LogP contribution in [0.25, 0.3) is 6.08 Å². The molecule has 2 aromatic rings. The van der Waals surface area contributed by atoms with Crippen molar-refractivity contribution >= 4 is 29.3 Å². The Kier molecular flexibility index (Phi) is 4.90. The van der Waals surface area contributed by atoms with Crippen LogP contribution in [0.5, 0.6) is 5.75 Å².